The summed E-state index contributed by atoms with van der Waals surface area (Å²) in [6.07, 6.45) is 1.59. The summed E-state index contributed by atoms with van der Waals surface area (Å²) in [5.41, 5.74) is 5.13. The summed E-state index contributed by atoms with van der Waals surface area (Å²) >= 11 is 0. The van der Waals surface area contributed by atoms with Gasteiger partial charge in [-0.3, -0.25) is 0 Å². The van der Waals surface area contributed by atoms with Crippen molar-refractivity contribution >= 4 is 15.7 Å². The second kappa shape index (κ2) is 4.96. The van der Waals surface area contributed by atoms with Crippen molar-refractivity contribution in [3.8, 4) is 0 Å². The topological polar surface area (TPSA) is 63.4 Å². The standard InChI is InChI=1S/C13H18F2N2O2S/c1-13(2)4-3-5-17(8-13)20(18,19)11-7-9(16)6-10(14)12(11)15/h6-7H,3-5,8,16H2,1-2H3. The van der Waals surface area contributed by atoms with Crippen LogP contribution in [-0.2, 0) is 10.0 Å². The van der Waals surface area contributed by atoms with Crippen LogP contribution in [0.15, 0.2) is 17.0 Å². The van der Waals surface area contributed by atoms with Gasteiger partial charge in [0.25, 0.3) is 0 Å². The van der Waals surface area contributed by atoms with Crippen LogP contribution in [0.3, 0.4) is 0 Å². The molecule has 1 saturated heterocycles. The first kappa shape index (κ1) is 15.2. The first-order valence-electron chi connectivity index (χ1n) is 6.38. The molecule has 2 N–H and O–H groups in total. The Kier molecular flexibility index (Phi) is 3.77. The lowest BCUT2D eigenvalue weighted by molar-refractivity contribution is 0.186. The summed E-state index contributed by atoms with van der Waals surface area (Å²) in [5, 5.41) is 0. The average Bonchev–Trinajstić information content (AvgIpc) is 2.32. The zero-order valence-corrected chi connectivity index (χ0v) is 12.3. The smallest absolute Gasteiger partial charge is 0.246 e. The van der Waals surface area contributed by atoms with E-state index in [4.69, 9.17) is 5.73 Å². The Labute approximate surface area is 117 Å². The molecular formula is C13H18F2N2O2S. The zero-order chi connectivity index (χ0) is 15.1. The van der Waals surface area contributed by atoms with Crippen LogP contribution in [0.4, 0.5) is 14.5 Å². The molecule has 2 rings (SSSR count). The number of rotatable bonds is 2. The summed E-state index contributed by atoms with van der Waals surface area (Å²) < 4.78 is 53.3. The van der Waals surface area contributed by atoms with Crippen LogP contribution >= 0.6 is 0 Å². The molecule has 1 aliphatic rings. The van der Waals surface area contributed by atoms with E-state index in [9.17, 15) is 17.2 Å². The molecule has 0 aromatic heterocycles. The summed E-state index contributed by atoms with van der Waals surface area (Å²) in [4.78, 5) is -0.687. The summed E-state index contributed by atoms with van der Waals surface area (Å²) in [7, 11) is -4.07. The number of halogens is 2. The van der Waals surface area contributed by atoms with Crippen molar-refractivity contribution in [2.24, 2.45) is 5.41 Å². The number of sulfonamides is 1. The summed E-state index contributed by atoms with van der Waals surface area (Å²) in [6, 6.07) is 1.74. The maximum atomic E-state index is 13.8. The lowest BCUT2D eigenvalue weighted by atomic mass is 9.85. The first-order chi connectivity index (χ1) is 9.13. The normalized spacial score (nSPS) is 20.0. The summed E-state index contributed by atoms with van der Waals surface area (Å²) in [5.74, 6) is -2.62. The van der Waals surface area contributed by atoms with Crippen molar-refractivity contribution in [2.75, 3.05) is 18.8 Å². The predicted octanol–water partition coefficient (Wildman–Crippen LogP) is 2.36. The van der Waals surface area contributed by atoms with Crippen molar-refractivity contribution in [1.82, 2.24) is 4.31 Å². The highest BCUT2D eigenvalue weighted by molar-refractivity contribution is 7.89. The third kappa shape index (κ3) is 2.78. The molecule has 1 fully saturated rings. The molecule has 7 heteroatoms. The molecule has 0 radical (unpaired) electrons. The largest absolute Gasteiger partial charge is 0.399 e. The van der Waals surface area contributed by atoms with Gasteiger partial charge < -0.3 is 5.73 Å². The zero-order valence-electron chi connectivity index (χ0n) is 11.5. The molecule has 1 aromatic rings. The molecular weight excluding hydrogens is 286 g/mol. The Morgan fingerprint density at radius 3 is 2.55 bits per heavy atom. The fourth-order valence-electron chi connectivity index (χ4n) is 2.49. The molecule has 0 atom stereocenters. The van der Waals surface area contributed by atoms with Gasteiger partial charge in [0.05, 0.1) is 0 Å². The minimum absolute atomic E-state index is 0.112. The van der Waals surface area contributed by atoms with E-state index in [0.29, 0.717) is 13.0 Å². The van der Waals surface area contributed by atoms with Crippen LogP contribution in [0.2, 0.25) is 0 Å². The number of nitrogen functional groups attached to an aromatic ring is 1. The second-order valence-corrected chi connectivity index (χ2v) is 7.83. The molecule has 1 aromatic carbocycles. The van der Waals surface area contributed by atoms with E-state index in [1.807, 2.05) is 13.8 Å². The van der Waals surface area contributed by atoms with Crippen LogP contribution in [0.5, 0.6) is 0 Å². The quantitative estimate of drug-likeness (QED) is 0.853. The Hall–Kier alpha value is -1.21. The molecule has 0 unspecified atom stereocenters. The Balaban J connectivity index is 2.46. The van der Waals surface area contributed by atoms with Gasteiger partial charge in [-0.25, -0.2) is 17.2 Å². The lowest BCUT2D eigenvalue weighted by Gasteiger charge is -2.37. The number of benzene rings is 1. The number of piperidine rings is 1. The van der Waals surface area contributed by atoms with Gasteiger partial charge in [0.15, 0.2) is 11.6 Å². The van der Waals surface area contributed by atoms with Gasteiger partial charge in [-0.2, -0.15) is 4.31 Å². The van der Waals surface area contributed by atoms with Crippen molar-refractivity contribution in [3.63, 3.8) is 0 Å². The molecule has 112 valence electrons. The van der Waals surface area contributed by atoms with Crippen molar-refractivity contribution < 1.29 is 17.2 Å². The number of hydrogen-bond acceptors (Lipinski definition) is 3. The van der Waals surface area contributed by atoms with Crippen LogP contribution in [0, 0.1) is 17.0 Å². The fraction of sp³-hybridized carbons (Fsp3) is 0.538. The lowest BCUT2D eigenvalue weighted by Crippen LogP contribution is -2.43. The van der Waals surface area contributed by atoms with Gasteiger partial charge in [-0.15, -0.1) is 0 Å². The molecule has 0 spiro atoms. The monoisotopic (exact) mass is 304 g/mol. The van der Waals surface area contributed by atoms with Crippen LogP contribution in [0.1, 0.15) is 26.7 Å². The maximum Gasteiger partial charge on any atom is 0.246 e. The van der Waals surface area contributed by atoms with E-state index >= 15 is 0 Å². The Morgan fingerprint density at radius 1 is 1.30 bits per heavy atom. The third-order valence-electron chi connectivity index (χ3n) is 3.50. The van der Waals surface area contributed by atoms with Gasteiger partial charge >= 0.3 is 0 Å². The molecule has 20 heavy (non-hydrogen) atoms. The van der Waals surface area contributed by atoms with Crippen molar-refractivity contribution in [3.05, 3.63) is 23.8 Å². The van der Waals surface area contributed by atoms with Crippen molar-refractivity contribution in [2.45, 2.75) is 31.6 Å². The van der Waals surface area contributed by atoms with E-state index in [0.717, 1.165) is 18.6 Å². The van der Waals surface area contributed by atoms with Gasteiger partial charge in [0.1, 0.15) is 4.90 Å². The van der Waals surface area contributed by atoms with Crippen LogP contribution in [0.25, 0.3) is 0 Å². The van der Waals surface area contributed by atoms with Gasteiger partial charge in [-0.05, 0) is 30.4 Å². The second-order valence-electron chi connectivity index (χ2n) is 5.92. The van der Waals surface area contributed by atoms with Crippen LogP contribution < -0.4 is 5.73 Å². The highest BCUT2D eigenvalue weighted by atomic mass is 32.2. The van der Waals surface area contributed by atoms with E-state index in [1.54, 1.807) is 0 Å². The molecule has 4 nitrogen and oxygen atoms in total. The van der Waals surface area contributed by atoms with Gasteiger partial charge in [0.2, 0.25) is 10.0 Å². The van der Waals surface area contributed by atoms with Gasteiger partial charge in [-0.1, -0.05) is 13.8 Å². The number of nitrogens with zero attached hydrogens (tertiary/aromatic N) is 1. The highest BCUT2D eigenvalue weighted by Crippen LogP contribution is 2.33. The third-order valence-corrected chi connectivity index (χ3v) is 5.34. The SMILES string of the molecule is CC1(C)CCCN(S(=O)(=O)c2cc(N)cc(F)c2F)C1. The summed E-state index contributed by atoms with van der Waals surface area (Å²) in [6.45, 7) is 4.49. The molecule has 0 aliphatic carbocycles. The molecule has 0 saturated carbocycles. The number of hydrogen-bond donors (Lipinski definition) is 1. The highest BCUT2D eigenvalue weighted by Gasteiger charge is 2.36. The Bertz CT molecular complexity index is 630. The minimum atomic E-state index is -4.07. The van der Waals surface area contributed by atoms with E-state index in [2.05, 4.69) is 0 Å². The molecule has 0 amide bonds. The molecule has 0 bridgehead atoms. The number of anilines is 1. The van der Waals surface area contributed by atoms with E-state index in [-0.39, 0.29) is 17.6 Å². The maximum absolute atomic E-state index is 13.8. The number of nitrogens with two attached hydrogens (primary N) is 1. The average molecular weight is 304 g/mol. The van der Waals surface area contributed by atoms with Gasteiger partial charge in [0, 0.05) is 18.8 Å². The van der Waals surface area contributed by atoms with E-state index in [1.165, 1.54) is 4.31 Å². The fourth-order valence-corrected chi connectivity index (χ4v) is 4.26. The minimum Gasteiger partial charge on any atom is -0.399 e. The van der Waals surface area contributed by atoms with Crippen molar-refractivity contribution in [1.29, 1.82) is 0 Å². The van der Waals surface area contributed by atoms with E-state index < -0.39 is 26.6 Å². The molecule has 1 heterocycles. The first-order valence-corrected chi connectivity index (χ1v) is 7.82. The predicted molar refractivity (Wildman–Crippen MR) is 72.5 cm³/mol. The molecule has 1 aliphatic heterocycles. The Morgan fingerprint density at radius 2 is 1.95 bits per heavy atom. The van der Waals surface area contributed by atoms with Crippen LogP contribution in [-0.4, -0.2) is 25.8 Å².